The van der Waals surface area contributed by atoms with Crippen LogP contribution in [0.5, 0.6) is 5.75 Å². The zero-order chi connectivity index (χ0) is 12.4. The summed E-state index contributed by atoms with van der Waals surface area (Å²) in [5, 5.41) is 0.582. The van der Waals surface area contributed by atoms with E-state index in [2.05, 4.69) is 25.9 Å². The monoisotopic (exact) mass is 315 g/mol. The lowest BCUT2D eigenvalue weighted by atomic mass is 10.1. The zero-order valence-electron chi connectivity index (χ0n) is 9.13. The van der Waals surface area contributed by atoms with Crippen LogP contribution in [0, 0.1) is 0 Å². The Balaban J connectivity index is 2.52. The number of methoxy groups -OCH3 is 1. The molecule has 0 aliphatic rings. The molecule has 0 bridgehead atoms. The number of nitrogens with one attached hydrogen (secondary N) is 1. The third-order valence-corrected chi connectivity index (χ3v) is 3.07. The minimum absolute atomic E-state index is 0.371. The van der Waals surface area contributed by atoms with E-state index >= 15 is 0 Å². The van der Waals surface area contributed by atoms with Gasteiger partial charge >= 0.3 is 0 Å². The van der Waals surface area contributed by atoms with Crippen LogP contribution in [-0.4, -0.2) is 17.1 Å². The summed E-state index contributed by atoms with van der Waals surface area (Å²) < 4.78 is 5.74. The molecule has 2 rings (SSSR count). The maximum atomic E-state index is 6.19. The molecule has 2 aromatic rings. The maximum absolute atomic E-state index is 6.19. The molecule has 90 valence electrons. The summed E-state index contributed by atoms with van der Waals surface area (Å²) >= 11 is 9.47. The Kier molecular flexibility index (Phi) is 3.71. The highest BCUT2D eigenvalue weighted by molar-refractivity contribution is 9.10. The summed E-state index contributed by atoms with van der Waals surface area (Å²) in [7, 11) is 1.60. The highest BCUT2D eigenvalue weighted by Crippen LogP contribution is 2.32. The number of hydrogen-bond donors (Lipinski definition) is 2. The second kappa shape index (κ2) is 5.08. The van der Waals surface area contributed by atoms with Gasteiger partial charge in [0.25, 0.3) is 0 Å². The van der Waals surface area contributed by atoms with Crippen molar-refractivity contribution in [3.05, 3.63) is 33.6 Å². The molecular formula is C11H11BrClN3O. The van der Waals surface area contributed by atoms with Crippen LogP contribution in [0.15, 0.2) is 22.9 Å². The van der Waals surface area contributed by atoms with Gasteiger partial charge in [0.2, 0.25) is 0 Å². The normalized spacial score (nSPS) is 10.6. The SMILES string of the molecule is COc1ccc(-c2nc(Br)[nH]c2CN)c(Cl)c1. The number of rotatable bonds is 3. The number of ether oxygens (including phenoxy) is 1. The Bertz CT molecular complexity index is 542. The van der Waals surface area contributed by atoms with Crippen LogP contribution in [0.2, 0.25) is 5.02 Å². The summed E-state index contributed by atoms with van der Waals surface area (Å²) in [6, 6.07) is 5.45. The molecule has 0 radical (unpaired) electrons. The molecule has 0 atom stereocenters. The largest absolute Gasteiger partial charge is 0.497 e. The highest BCUT2D eigenvalue weighted by Gasteiger charge is 2.13. The molecule has 0 saturated carbocycles. The molecule has 1 aromatic heterocycles. The predicted molar refractivity (Wildman–Crippen MR) is 71.2 cm³/mol. The minimum Gasteiger partial charge on any atom is -0.497 e. The number of nitrogens with zero attached hydrogens (tertiary/aromatic N) is 1. The first-order chi connectivity index (χ1) is 8.15. The Morgan fingerprint density at radius 1 is 1.53 bits per heavy atom. The fourth-order valence-electron chi connectivity index (χ4n) is 1.56. The number of aromatic nitrogens is 2. The fourth-order valence-corrected chi connectivity index (χ4v) is 2.24. The van der Waals surface area contributed by atoms with E-state index in [1.54, 1.807) is 13.2 Å². The summed E-state index contributed by atoms with van der Waals surface area (Å²) in [4.78, 5) is 7.36. The molecular weight excluding hydrogens is 305 g/mol. The first-order valence-corrected chi connectivity index (χ1v) is 6.11. The van der Waals surface area contributed by atoms with Gasteiger partial charge in [0.1, 0.15) is 5.75 Å². The van der Waals surface area contributed by atoms with Gasteiger partial charge in [-0.2, -0.15) is 0 Å². The van der Waals surface area contributed by atoms with Gasteiger partial charge in [-0.25, -0.2) is 4.98 Å². The van der Waals surface area contributed by atoms with Crippen molar-refractivity contribution in [2.45, 2.75) is 6.54 Å². The van der Waals surface area contributed by atoms with Crippen LogP contribution in [0.1, 0.15) is 5.69 Å². The van der Waals surface area contributed by atoms with Crippen LogP contribution in [-0.2, 0) is 6.54 Å². The molecule has 0 aliphatic carbocycles. The lowest BCUT2D eigenvalue weighted by molar-refractivity contribution is 0.415. The van der Waals surface area contributed by atoms with Gasteiger partial charge < -0.3 is 15.5 Å². The van der Waals surface area contributed by atoms with E-state index in [1.807, 2.05) is 12.1 Å². The second-order valence-electron chi connectivity index (χ2n) is 3.40. The molecule has 0 spiro atoms. The van der Waals surface area contributed by atoms with Gasteiger partial charge in [-0.1, -0.05) is 11.6 Å². The molecule has 4 nitrogen and oxygen atoms in total. The van der Waals surface area contributed by atoms with Gasteiger partial charge in [0.15, 0.2) is 4.73 Å². The van der Waals surface area contributed by atoms with Crippen molar-refractivity contribution in [1.29, 1.82) is 0 Å². The van der Waals surface area contributed by atoms with E-state index in [9.17, 15) is 0 Å². The average Bonchev–Trinajstić information content (AvgIpc) is 2.70. The van der Waals surface area contributed by atoms with Gasteiger partial charge in [-0.15, -0.1) is 0 Å². The molecule has 17 heavy (non-hydrogen) atoms. The van der Waals surface area contributed by atoms with Crippen molar-refractivity contribution >= 4 is 27.5 Å². The zero-order valence-corrected chi connectivity index (χ0v) is 11.5. The molecule has 0 fully saturated rings. The standard InChI is InChI=1S/C11H11BrClN3O/c1-17-6-2-3-7(8(13)4-6)10-9(5-14)15-11(12)16-10/h2-4H,5,14H2,1H3,(H,15,16). The number of hydrogen-bond acceptors (Lipinski definition) is 3. The van der Waals surface area contributed by atoms with E-state index < -0.39 is 0 Å². The van der Waals surface area contributed by atoms with Crippen molar-refractivity contribution < 1.29 is 4.74 Å². The molecule has 6 heteroatoms. The summed E-state index contributed by atoms with van der Waals surface area (Å²) in [5.74, 6) is 0.711. The third kappa shape index (κ3) is 2.46. The lowest BCUT2D eigenvalue weighted by Gasteiger charge is -2.05. The molecule has 3 N–H and O–H groups in total. The van der Waals surface area contributed by atoms with E-state index in [4.69, 9.17) is 22.1 Å². The van der Waals surface area contributed by atoms with E-state index in [-0.39, 0.29) is 0 Å². The van der Waals surface area contributed by atoms with Gasteiger partial charge in [0, 0.05) is 12.1 Å². The Hall–Kier alpha value is -1.04. The third-order valence-electron chi connectivity index (χ3n) is 2.39. The van der Waals surface area contributed by atoms with Crippen LogP contribution in [0.3, 0.4) is 0 Å². The van der Waals surface area contributed by atoms with E-state index in [0.29, 0.717) is 22.1 Å². The Labute approximate surface area is 112 Å². The molecule has 0 saturated heterocycles. The van der Waals surface area contributed by atoms with Gasteiger partial charge in [-0.3, -0.25) is 0 Å². The summed E-state index contributed by atoms with van der Waals surface area (Å²) in [6.07, 6.45) is 0. The van der Waals surface area contributed by atoms with Crippen LogP contribution < -0.4 is 10.5 Å². The number of nitrogens with two attached hydrogens (primary N) is 1. The number of benzene rings is 1. The maximum Gasteiger partial charge on any atom is 0.175 e. The lowest BCUT2D eigenvalue weighted by Crippen LogP contribution is -1.99. The number of halogens is 2. The molecule has 0 amide bonds. The van der Waals surface area contributed by atoms with Gasteiger partial charge in [0.05, 0.1) is 23.5 Å². The smallest absolute Gasteiger partial charge is 0.175 e. The minimum atomic E-state index is 0.371. The Morgan fingerprint density at radius 3 is 2.88 bits per heavy atom. The number of H-pyrrole nitrogens is 1. The van der Waals surface area contributed by atoms with Crippen molar-refractivity contribution in [2.24, 2.45) is 5.73 Å². The highest BCUT2D eigenvalue weighted by atomic mass is 79.9. The van der Waals surface area contributed by atoms with Crippen LogP contribution in [0.25, 0.3) is 11.3 Å². The van der Waals surface area contributed by atoms with Crippen LogP contribution >= 0.6 is 27.5 Å². The first-order valence-electron chi connectivity index (χ1n) is 4.94. The van der Waals surface area contributed by atoms with E-state index in [0.717, 1.165) is 17.0 Å². The predicted octanol–water partition coefficient (Wildman–Crippen LogP) is 2.96. The number of aromatic amines is 1. The quantitative estimate of drug-likeness (QED) is 0.915. The number of imidazole rings is 1. The summed E-state index contributed by atoms with van der Waals surface area (Å²) in [5.41, 5.74) is 8.07. The van der Waals surface area contributed by atoms with Crippen molar-refractivity contribution in [3.8, 4) is 17.0 Å². The van der Waals surface area contributed by atoms with Crippen LogP contribution in [0.4, 0.5) is 0 Å². The van der Waals surface area contributed by atoms with Gasteiger partial charge in [-0.05, 0) is 34.1 Å². The second-order valence-corrected chi connectivity index (χ2v) is 4.56. The molecule has 0 aliphatic heterocycles. The fraction of sp³-hybridized carbons (Fsp3) is 0.182. The van der Waals surface area contributed by atoms with Crippen molar-refractivity contribution in [1.82, 2.24) is 9.97 Å². The van der Waals surface area contributed by atoms with Crippen molar-refractivity contribution in [2.75, 3.05) is 7.11 Å². The Morgan fingerprint density at radius 2 is 2.29 bits per heavy atom. The first kappa shape index (κ1) is 12.4. The molecule has 0 unspecified atom stereocenters. The summed E-state index contributed by atoms with van der Waals surface area (Å²) in [6.45, 7) is 0.371. The van der Waals surface area contributed by atoms with E-state index in [1.165, 1.54) is 0 Å². The average molecular weight is 317 g/mol. The molecule has 1 aromatic carbocycles. The van der Waals surface area contributed by atoms with Crippen molar-refractivity contribution in [3.63, 3.8) is 0 Å². The molecule has 1 heterocycles. The topological polar surface area (TPSA) is 63.9 Å².